The number of nitrogens with zero attached hydrogens (tertiary/aromatic N) is 2. The largest absolute Gasteiger partial charge is 0.481 e. The third-order valence-corrected chi connectivity index (χ3v) is 21.0. The lowest BCUT2D eigenvalue weighted by Crippen LogP contribution is -2.59. The van der Waals surface area contributed by atoms with Crippen LogP contribution in [0.1, 0.15) is 160 Å². The number of carbonyl (C=O) groups is 17. The molecule has 1 heterocycles. The van der Waals surface area contributed by atoms with E-state index in [4.69, 9.17) is 10.8 Å². The van der Waals surface area contributed by atoms with Gasteiger partial charge >= 0.3 is 29.9 Å². The fourth-order valence-electron chi connectivity index (χ4n) is 13.1. The van der Waals surface area contributed by atoms with Crippen molar-refractivity contribution in [2.24, 2.45) is 11.1 Å². The predicted octanol–water partition coefficient (Wildman–Crippen LogP) is -6.72. The summed E-state index contributed by atoms with van der Waals surface area (Å²) in [6.45, 7) is 0.601. The molecule has 2 aromatic carbocycles. The van der Waals surface area contributed by atoms with Crippen LogP contribution in [0.3, 0.4) is 0 Å². The number of ketones is 1. The van der Waals surface area contributed by atoms with Gasteiger partial charge in [0.25, 0.3) is 11.8 Å². The van der Waals surface area contributed by atoms with Gasteiger partial charge in [-0.2, -0.15) is 12.6 Å². The second kappa shape index (κ2) is 54.2. The van der Waals surface area contributed by atoms with Crippen LogP contribution in [-0.4, -0.2) is 334 Å². The molecule has 16 atom stereocenters. The molecule has 0 aromatic heterocycles. The van der Waals surface area contributed by atoms with E-state index in [2.05, 4.69) is 70.7 Å². The number of nitrogens with one attached hydrogen (secondary N) is 12. The van der Waals surface area contributed by atoms with Crippen molar-refractivity contribution in [3.63, 3.8) is 0 Å². The Labute approximate surface area is 729 Å². The maximum atomic E-state index is 14.6. The normalized spacial score (nSPS) is 17.1. The molecule has 1 saturated carbocycles. The topological polar surface area (TPSA) is 750 Å². The van der Waals surface area contributed by atoms with E-state index in [1.165, 1.54) is 17.0 Å². The lowest BCUT2D eigenvalue weighted by Gasteiger charge is -2.37. The van der Waals surface area contributed by atoms with Gasteiger partial charge in [0.2, 0.25) is 53.2 Å². The monoisotopic (exact) mass is 1810 g/mol. The first-order valence-corrected chi connectivity index (χ1v) is 41.7. The van der Waals surface area contributed by atoms with Crippen LogP contribution in [0.15, 0.2) is 48.5 Å². The van der Waals surface area contributed by atoms with Crippen molar-refractivity contribution in [2.45, 2.75) is 252 Å². The zero-order chi connectivity index (χ0) is 94.2. The Balaban J connectivity index is 1.50. The number of aliphatic hydroxyl groups is 10. The summed E-state index contributed by atoms with van der Waals surface area (Å²) in [6.07, 6.45) is -17.7. The van der Waals surface area contributed by atoms with E-state index in [-0.39, 0.29) is 55.6 Å². The van der Waals surface area contributed by atoms with Crippen molar-refractivity contribution >= 4 is 130 Å². The van der Waals surface area contributed by atoms with Gasteiger partial charge in [-0.25, -0.2) is 9.59 Å². The van der Waals surface area contributed by atoms with E-state index in [1.54, 1.807) is 45.0 Å². The van der Waals surface area contributed by atoms with Crippen molar-refractivity contribution in [2.75, 3.05) is 73.4 Å². The van der Waals surface area contributed by atoms with E-state index < -0.39 is 294 Å². The lowest BCUT2D eigenvalue weighted by atomic mass is 9.90. The van der Waals surface area contributed by atoms with Crippen LogP contribution in [0.5, 0.6) is 0 Å². The number of thiol groups is 1. The molecule has 126 heavy (non-hydrogen) atoms. The van der Waals surface area contributed by atoms with Gasteiger partial charge in [0.05, 0.1) is 49.8 Å². The number of hydrogen-bond donors (Lipinski definition) is 28. The number of hydrogen-bond acceptors (Lipinski definition) is 30. The van der Waals surface area contributed by atoms with Crippen LogP contribution < -0.4 is 79.3 Å². The molecule has 2 aliphatic rings. The number of carboxylic acid groups (broad SMARTS) is 4. The highest BCUT2D eigenvalue weighted by Crippen LogP contribution is 2.38. The fourth-order valence-corrected chi connectivity index (χ4v) is 13.3. The number of benzene rings is 2. The van der Waals surface area contributed by atoms with Crippen LogP contribution in [0.2, 0.25) is 0 Å². The first kappa shape index (κ1) is 107. The standard InChI is InChI=1S/C79H121N15O31S/c1-79(2,3)58(101)37-94-53-20-12-11-19-52(53)93(43-17-8-7-9-18-43)36-50(76(94)122)92-78(125)85-42-16-14-15-41(31-42)69(115)81-30-13-6-4-5-10-21-61(104)86-46(24-28-62(105)106)72(118)88-47(23-27-60(103)83-35-55(98)66(112)68(114)57(100)39-96)73(119)89-48(25-29-63(107)108)74(120)87-45(22-26-59(102)82-34-54(97)65(111)67(113)56(99)38-95)71(117)84-33-44(80)70(116)90-49(32-64(109)110)75(121)91-51(40-126)77(123)124/h11-12,14-16,19-20,31,43-51,54-57,65-68,95-100,111-114,126H,4-10,13,17-18,21-30,32-40,80H2,1-3H3,(H,81,115)(H,82,102)(H,83,103)(H,84,117)(H,86,104)(H,87,120)(H,88,118)(H,89,119)(H,90,116)(H,91,121)(H,105,106)(H,107,108)(H,109,110)(H,123,124)(H2,85,92,125)/t44-,45+,46+,47+,48+,49-,50+,51-,54-,55-,56+,57+,65+,66+,67+,68+/m0/s1. The van der Waals surface area contributed by atoms with Crippen molar-refractivity contribution in [3.05, 3.63) is 54.1 Å². The number of nitrogens with two attached hydrogens (primary N) is 1. The first-order valence-electron chi connectivity index (χ1n) is 41.1. The zero-order valence-corrected chi connectivity index (χ0v) is 71.0. The minimum absolute atomic E-state index is 0.0811. The van der Waals surface area contributed by atoms with E-state index in [1.807, 2.05) is 22.8 Å². The van der Waals surface area contributed by atoms with Gasteiger partial charge in [-0.1, -0.05) is 77.5 Å². The summed E-state index contributed by atoms with van der Waals surface area (Å²) >= 11 is 3.81. The highest BCUT2D eigenvalue weighted by Gasteiger charge is 2.42. The predicted molar refractivity (Wildman–Crippen MR) is 447 cm³/mol. The number of fused-ring (bicyclic) bond motifs is 1. The number of carboxylic acids is 4. The Morgan fingerprint density at radius 2 is 0.960 bits per heavy atom. The van der Waals surface area contributed by atoms with Gasteiger partial charge < -0.3 is 151 Å². The van der Waals surface area contributed by atoms with Gasteiger partial charge in [-0.15, -0.1) is 0 Å². The number of para-hydroxylation sites is 2. The number of aliphatic carboxylic acids is 4. The summed E-state index contributed by atoms with van der Waals surface area (Å²) in [5.74, 6) is -19.0. The number of rotatable bonds is 56. The molecule has 46 nitrogen and oxygen atoms in total. The summed E-state index contributed by atoms with van der Waals surface area (Å²) in [5, 5.41) is 166. The van der Waals surface area contributed by atoms with E-state index in [0.717, 1.165) is 37.8 Å². The van der Waals surface area contributed by atoms with E-state index >= 15 is 0 Å². The Morgan fingerprint density at radius 1 is 0.492 bits per heavy atom. The van der Waals surface area contributed by atoms with Crippen molar-refractivity contribution in [1.82, 2.24) is 58.5 Å². The second-order valence-corrected chi connectivity index (χ2v) is 31.9. The SMILES string of the molecule is CC(C)(C)C(=O)CN1C(=O)[C@H](NC(=O)Nc2cccc(C(=O)NCCCCCCCC(=O)N[C@H](CCC(=O)O)C(=O)N[C@H](CCC(=O)NC[C@H](O)[C@@H](O)[C@H](O)[C@H](O)CO)C(=O)N[C@H](CCC(=O)O)C(=O)N[C@H](CCC(=O)NC[C@H](O)[C@@H](O)[C@H](O)[C@H](O)CO)C(=O)NC[C@H](N)C(=O)N[C@@H](CC(=O)O)C(=O)N[C@@H](CS)C(=O)O)c2)CN(C2CCCCC2)c2ccccc21. The van der Waals surface area contributed by atoms with Gasteiger partial charge in [-0.05, 0) is 81.7 Å². The van der Waals surface area contributed by atoms with Crippen LogP contribution in [0.25, 0.3) is 0 Å². The minimum atomic E-state index is -2.18. The molecule has 0 spiro atoms. The lowest BCUT2D eigenvalue weighted by molar-refractivity contribution is -0.143. The summed E-state index contributed by atoms with van der Waals surface area (Å²) < 4.78 is 0. The highest BCUT2D eigenvalue weighted by atomic mass is 32.1. The average Bonchev–Trinajstić information content (AvgIpc) is 1.62. The molecule has 0 bridgehead atoms. The molecule has 704 valence electrons. The van der Waals surface area contributed by atoms with Gasteiger partial charge in [0, 0.05) is 93.3 Å². The van der Waals surface area contributed by atoms with Crippen LogP contribution in [-0.2, 0) is 71.9 Å². The Bertz CT molecular complexity index is 4030. The van der Waals surface area contributed by atoms with Gasteiger partial charge in [-0.3, -0.25) is 71.9 Å². The number of Topliss-reactive ketones (excluding diaryl/α,β-unsaturated/α-hetero) is 1. The number of urea groups is 1. The third-order valence-electron chi connectivity index (χ3n) is 20.6. The summed E-state index contributed by atoms with van der Waals surface area (Å²) in [4.78, 5) is 230. The second-order valence-electron chi connectivity index (χ2n) is 31.6. The quantitative estimate of drug-likeness (QED) is 0.0216. The number of unbranched alkanes of at least 4 members (excludes halogenated alkanes) is 4. The van der Waals surface area contributed by atoms with E-state index in [9.17, 15) is 148 Å². The van der Waals surface area contributed by atoms with E-state index in [0.29, 0.717) is 31.4 Å². The molecule has 13 amide bonds. The molecule has 28 N–H and O–H groups in total. The third kappa shape index (κ3) is 37.0. The Hall–Kier alpha value is -10.9. The molecule has 47 heteroatoms. The van der Waals surface area contributed by atoms with Gasteiger partial charge in [0.1, 0.15) is 85.0 Å². The number of aliphatic hydroxyl groups excluding tert-OH is 10. The Morgan fingerprint density at radius 3 is 1.46 bits per heavy atom. The maximum absolute atomic E-state index is 14.6. The minimum Gasteiger partial charge on any atom is -0.481 e. The molecule has 0 unspecified atom stereocenters. The molecule has 0 saturated heterocycles. The van der Waals surface area contributed by atoms with Crippen molar-refractivity contribution < 1.29 is 153 Å². The zero-order valence-electron chi connectivity index (χ0n) is 70.1. The number of amides is 13. The van der Waals surface area contributed by atoms with Crippen molar-refractivity contribution in [1.29, 1.82) is 0 Å². The van der Waals surface area contributed by atoms with Crippen LogP contribution >= 0.6 is 12.6 Å². The fraction of sp³-hybridized carbons (Fsp3) is 0.633. The molecular formula is C79H121N15O31S. The molecule has 0 radical (unpaired) electrons. The summed E-state index contributed by atoms with van der Waals surface area (Å²) in [5.41, 5.74) is 6.99. The maximum Gasteiger partial charge on any atom is 0.327 e. The molecule has 2 aromatic rings. The molecule has 1 aliphatic carbocycles. The molecule has 4 rings (SSSR count). The van der Waals surface area contributed by atoms with Crippen molar-refractivity contribution in [3.8, 4) is 0 Å². The first-order chi connectivity index (χ1) is 59.4. The summed E-state index contributed by atoms with van der Waals surface area (Å²) in [7, 11) is 0. The van der Waals surface area contributed by atoms with Crippen LogP contribution in [0.4, 0.5) is 21.9 Å². The molecular weight excluding hydrogens is 1690 g/mol. The number of carbonyl (C=O) groups excluding carboxylic acids is 13. The molecule has 1 fully saturated rings. The van der Waals surface area contributed by atoms with Crippen LogP contribution in [0, 0.1) is 5.41 Å². The number of anilines is 3. The molecule has 1 aliphatic heterocycles. The smallest absolute Gasteiger partial charge is 0.327 e. The average molecular weight is 1810 g/mol. The summed E-state index contributed by atoms with van der Waals surface area (Å²) in [6, 6.07) is -1.75. The Kier molecular flexibility index (Phi) is 46.3. The highest BCUT2D eigenvalue weighted by molar-refractivity contribution is 7.80. The van der Waals surface area contributed by atoms with Gasteiger partial charge in [0.15, 0.2) is 5.78 Å².